The first-order valence-corrected chi connectivity index (χ1v) is 6.86. The van der Waals surface area contributed by atoms with Gasteiger partial charge in [0.05, 0.1) is 5.02 Å². The van der Waals surface area contributed by atoms with Crippen LogP contribution < -0.4 is 15.2 Å². The zero-order valence-corrected chi connectivity index (χ0v) is 12.4. The van der Waals surface area contributed by atoms with Crippen molar-refractivity contribution in [2.24, 2.45) is 5.73 Å². The van der Waals surface area contributed by atoms with Crippen LogP contribution in [0.5, 0.6) is 11.5 Å². The van der Waals surface area contributed by atoms with Crippen LogP contribution in [-0.2, 0) is 0 Å². The highest BCUT2D eigenvalue weighted by atomic mass is 35.5. The van der Waals surface area contributed by atoms with Crippen LogP contribution in [0.4, 0.5) is 17.6 Å². The number of nitrogens with two attached hydrogens (primary N) is 1. The zero-order valence-electron chi connectivity index (χ0n) is 11.7. The van der Waals surface area contributed by atoms with Crippen molar-refractivity contribution >= 4 is 11.6 Å². The van der Waals surface area contributed by atoms with Crippen LogP contribution in [0.3, 0.4) is 0 Å². The molecule has 0 aliphatic heterocycles. The lowest BCUT2D eigenvalue weighted by molar-refractivity contribution is -0.275. The Hall–Kier alpha value is -1.99. The van der Waals surface area contributed by atoms with Crippen LogP contribution in [0.2, 0.25) is 5.02 Å². The molecule has 0 radical (unpaired) electrons. The number of hydrogen-bond acceptors (Lipinski definition) is 3. The third kappa shape index (κ3) is 4.74. The molecule has 0 fully saturated rings. The molecule has 2 rings (SSSR count). The van der Waals surface area contributed by atoms with E-state index >= 15 is 0 Å². The quantitative estimate of drug-likeness (QED) is 0.815. The Morgan fingerprint density at radius 2 is 1.65 bits per heavy atom. The molecule has 0 heterocycles. The number of halogens is 5. The average molecular weight is 350 g/mol. The van der Waals surface area contributed by atoms with Gasteiger partial charge in [-0.15, -0.1) is 13.2 Å². The predicted octanol–water partition coefficient (Wildman–Crippen LogP) is 4.38. The minimum atomic E-state index is -4.85. The molecule has 2 aromatic rings. The molecular weight excluding hydrogens is 338 g/mol. The Labute approximate surface area is 134 Å². The fourth-order valence-corrected chi connectivity index (χ4v) is 2.03. The van der Waals surface area contributed by atoms with Crippen LogP contribution in [0.25, 0.3) is 11.1 Å². The van der Waals surface area contributed by atoms with Gasteiger partial charge in [-0.3, -0.25) is 0 Å². The predicted molar refractivity (Wildman–Crippen MR) is 78.1 cm³/mol. The van der Waals surface area contributed by atoms with Crippen molar-refractivity contribution in [3.63, 3.8) is 0 Å². The van der Waals surface area contributed by atoms with Crippen LogP contribution >= 0.6 is 11.6 Å². The van der Waals surface area contributed by atoms with Gasteiger partial charge in [0.15, 0.2) is 11.5 Å². The number of alkyl halides is 3. The van der Waals surface area contributed by atoms with E-state index in [-0.39, 0.29) is 23.9 Å². The van der Waals surface area contributed by atoms with Gasteiger partial charge in [-0.2, -0.15) is 0 Å². The van der Waals surface area contributed by atoms with Gasteiger partial charge in [0, 0.05) is 6.54 Å². The van der Waals surface area contributed by atoms with Gasteiger partial charge in [-0.1, -0.05) is 23.7 Å². The SMILES string of the molecule is NCCOc1cc(-c2ccc(F)c(Cl)c2)ccc1OC(F)(F)F. The summed E-state index contributed by atoms with van der Waals surface area (Å²) < 4.78 is 59.5. The second kappa shape index (κ2) is 7.06. The first kappa shape index (κ1) is 17.4. The van der Waals surface area contributed by atoms with Crippen LogP contribution in [0.1, 0.15) is 0 Å². The molecule has 0 bridgehead atoms. The molecule has 0 spiro atoms. The highest BCUT2D eigenvalue weighted by Gasteiger charge is 2.32. The normalized spacial score (nSPS) is 11.4. The maximum atomic E-state index is 13.2. The summed E-state index contributed by atoms with van der Waals surface area (Å²) in [5.74, 6) is -1.19. The molecule has 0 unspecified atom stereocenters. The van der Waals surface area contributed by atoms with Gasteiger partial charge in [-0.05, 0) is 35.4 Å². The van der Waals surface area contributed by atoms with Crippen LogP contribution in [-0.4, -0.2) is 19.5 Å². The van der Waals surface area contributed by atoms with Crippen molar-refractivity contribution in [1.82, 2.24) is 0 Å². The fourth-order valence-electron chi connectivity index (χ4n) is 1.85. The third-order valence-corrected chi connectivity index (χ3v) is 3.09. The monoisotopic (exact) mass is 349 g/mol. The summed E-state index contributed by atoms with van der Waals surface area (Å²) in [7, 11) is 0. The van der Waals surface area contributed by atoms with Crippen molar-refractivity contribution in [2.45, 2.75) is 6.36 Å². The smallest absolute Gasteiger partial charge is 0.488 e. The Balaban J connectivity index is 2.40. The summed E-state index contributed by atoms with van der Waals surface area (Å²) in [6, 6.07) is 7.83. The summed E-state index contributed by atoms with van der Waals surface area (Å²) >= 11 is 5.71. The van der Waals surface area contributed by atoms with Gasteiger partial charge >= 0.3 is 6.36 Å². The third-order valence-electron chi connectivity index (χ3n) is 2.80. The van der Waals surface area contributed by atoms with E-state index < -0.39 is 17.9 Å². The Kier molecular flexibility index (Phi) is 5.33. The van der Waals surface area contributed by atoms with Gasteiger partial charge in [-0.25, -0.2) is 4.39 Å². The maximum absolute atomic E-state index is 13.2. The van der Waals surface area contributed by atoms with Crippen molar-refractivity contribution in [1.29, 1.82) is 0 Å². The largest absolute Gasteiger partial charge is 0.573 e. The number of hydrogen-bond donors (Lipinski definition) is 1. The number of ether oxygens (including phenoxy) is 2. The highest BCUT2D eigenvalue weighted by Crippen LogP contribution is 2.36. The van der Waals surface area contributed by atoms with Gasteiger partial charge in [0.1, 0.15) is 12.4 Å². The minimum Gasteiger partial charge on any atom is -0.488 e. The summed E-state index contributed by atoms with van der Waals surface area (Å²) in [6.07, 6.45) is -4.85. The number of rotatable bonds is 5. The molecule has 0 aromatic heterocycles. The molecule has 0 amide bonds. The van der Waals surface area contributed by atoms with Crippen molar-refractivity contribution in [2.75, 3.05) is 13.2 Å². The molecule has 3 nitrogen and oxygen atoms in total. The molecule has 2 N–H and O–H groups in total. The lowest BCUT2D eigenvalue weighted by Crippen LogP contribution is -2.18. The lowest BCUT2D eigenvalue weighted by atomic mass is 10.1. The molecule has 124 valence electrons. The summed E-state index contributed by atoms with van der Waals surface area (Å²) in [5, 5.41) is -0.0949. The summed E-state index contributed by atoms with van der Waals surface area (Å²) in [5.41, 5.74) is 6.31. The maximum Gasteiger partial charge on any atom is 0.573 e. The fraction of sp³-hybridized carbons (Fsp3) is 0.200. The molecule has 0 aliphatic rings. The Morgan fingerprint density at radius 1 is 1.00 bits per heavy atom. The first-order valence-electron chi connectivity index (χ1n) is 6.48. The second-order valence-electron chi connectivity index (χ2n) is 4.48. The topological polar surface area (TPSA) is 44.5 Å². The minimum absolute atomic E-state index is 0.0157. The molecule has 23 heavy (non-hydrogen) atoms. The molecule has 8 heteroatoms. The van der Waals surface area contributed by atoms with E-state index in [1.54, 1.807) is 0 Å². The van der Waals surface area contributed by atoms with Crippen molar-refractivity contribution in [3.8, 4) is 22.6 Å². The van der Waals surface area contributed by atoms with E-state index in [1.807, 2.05) is 0 Å². The average Bonchev–Trinajstić information content (AvgIpc) is 2.47. The van der Waals surface area contributed by atoms with Crippen molar-refractivity contribution in [3.05, 3.63) is 47.2 Å². The Morgan fingerprint density at radius 3 is 2.26 bits per heavy atom. The molecule has 0 saturated carbocycles. The summed E-state index contributed by atoms with van der Waals surface area (Å²) in [6.45, 7) is 0.139. The second-order valence-corrected chi connectivity index (χ2v) is 4.88. The highest BCUT2D eigenvalue weighted by molar-refractivity contribution is 6.31. The lowest BCUT2D eigenvalue weighted by Gasteiger charge is -2.15. The molecule has 2 aromatic carbocycles. The van der Waals surface area contributed by atoms with Gasteiger partial charge < -0.3 is 15.2 Å². The van der Waals surface area contributed by atoms with Crippen LogP contribution in [0, 0.1) is 5.82 Å². The Bertz CT molecular complexity index is 692. The van der Waals surface area contributed by atoms with E-state index in [4.69, 9.17) is 22.1 Å². The van der Waals surface area contributed by atoms with Gasteiger partial charge in [0.25, 0.3) is 0 Å². The first-order chi connectivity index (χ1) is 10.8. The molecule has 0 saturated heterocycles. The van der Waals surface area contributed by atoms with Crippen molar-refractivity contribution < 1.29 is 27.0 Å². The standard InChI is InChI=1S/C15H12ClF4NO2/c16-11-7-9(1-3-12(11)17)10-2-4-13(23-15(18,19)20)14(8-10)22-6-5-21/h1-4,7-8H,5-6,21H2. The molecular formula is C15H12ClF4NO2. The van der Waals surface area contributed by atoms with E-state index in [0.29, 0.717) is 11.1 Å². The molecule has 0 atom stereocenters. The number of benzene rings is 2. The van der Waals surface area contributed by atoms with E-state index in [1.165, 1.54) is 24.3 Å². The zero-order chi connectivity index (χ0) is 17.0. The van der Waals surface area contributed by atoms with E-state index in [9.17, 15) is 17.6 Å². The van der Waals surface area contributed by atoms with E-state index in [2.05, 4.69) is 4.74 Å². The van der Waals surface area contributed by atoms with Crippen LogP contribution in [0.15, 0.2) is 36.4 Å². The van der Waals surface area contributed by atoms with E-state index in [0.717, 1.165) is 12.1 Å². The van der Waals surface area contributed by atoms with Gasteiger partial charge in [0.2, 0.25) is 0 Å². The molecule has 0 aliphatic carbocycles. The summed E-state index contributed by atoms with van der Waals surface area (Å²) in [4.78, 5) is 0.